The fourth-order valence-electron chi connectivity index (χ4n) is 5.86. The van der Waals surface area contributed by atoms with Crippen LogP contribution in [0.5, 0.6) is 0 Å². The van der Waals surface area contributed by atoms with Crippen molar-refractivity contribution in [1.82, 2.24) is 19.7 Å². The van der Waals surface area contributed by atoms with E-state index >= 15 is 0 Å². The van der Waals surface area contributed by atoms with Gasteiger partial charge in [-0.05, 0) is 55.5 Å². The van der Waals surface area contributed by atoms with Gasteiger partial charge in [-0.1, -0.05) is 36.2 Å². The second kappa shape index (κ2) is 11.1. The van der Waals surface area contributed by atoms with E-state index in [0.29, 0.717) is 42.5 Å². The average molecular weight is 611 g/mol. The topological polar surface area (TPSA) is 73.8 Å². The molecule has 2 saturated heterocycles. The van der Waals surface area contributed by atoms with Crippen LogP contribution in [0.25, 0.3) is 0 Å². The molecule has 12 heteroatoms. The number of piperidine rings is 1. The minimum Gasteiger partial charge on any atom is -0.342 e. The first kappa shape index (κ1) is 29.6. The Morgan fingerprint density at radius 3 is 2.29 bits per heavy atom. The van der Waals surface area contributed by atoms with Crippen LogP contribution in [0.2, 0.25) is 10.0 Å². The van der Waals surface area contributed by atoms with Gasteiger partial charge < -0.3 is 14.7 Å². The number of hydrogen-bond donors (Lipinski definition) is 0. The van der Waals surface area contributed by atoms with Crippen LogP contribution in [0, 0.1) is 11.3 Å². The molecule has 1 saturated carbocycles. The van der Waals surface area contributed by atoms with E-state index in [1.165, 1.54) is 11.9 Å². The molecule has 0 N–H and O–H groups in total. The number of rotatable bonds is 5. The number of carbonyl (C=O) groups is 3. The number of nitrogens with zero attached hydrogens (tertiary/aromatic N) is 4. The van der Waals surface area contributed by atoms with E-state index in [9.17, 15) is 27.6 Å². The lowest BCUT2D eigenvalue weighted by Gasteiger charge is -2.34. The molecule has 3 amide bonds. The van der Waals surface area contributed by atoms with Crippen molar-refractivity contribution in [3.05, 3.63) is 63.4 Å². The maximum atomic E-state index is 13.7. The van der Waals surface area contributed by atoms with Crippen LogP contribution < -0.4 is 0 Å². The van der Waals surface area contributed by atoms with Gasteiger partial charge in [-0.15, -0.1) is 0 Å². The lowest BCUT2D eigenvalue weighted by molar-refractivity contribution is -0.142. The summed E-state index contributed by atoms with van der Waals surface area (Å²) in [7, 11) is 1.51. The van der Waals surface area contributed by atoms with Gasteiger partial charge in [0.2, 0.25) is 11.8 Å². The maximum Gasteiger partial charge on any atom is 0.416 e. The number of amides is 3. The molecule has 1 aromatic carbocycles. The van der Waals surface area contributed by atoms with Crippen LogP contribution in [0.15, 0.2) is 36.5 Å². The minimum absolute atomic E-state index is 0.0552. The summed E-state index contributed by atoms with van der Waals surface area (Å²) in [6.45, 7) is 3.52. The molecule has 0 unspecified atom stereocenters. The van der Waals surface area contributed by atoms with Crippen molar-refractivity contribution in [3.8, 4) is 0 Å². The summed E-state index contributed by atoms with van der Waals surface area (Å²) in [4.78, 5) is 48.6. The van der Waals surface area contributed by atoms with Gasteiger partial charge in [-0.25, -0.2) is 0 Å². The molecular formula is C29H31Cl2F3N4O3. The van der Waals surface area contributed by atoms with E-state index in [1.54, 1.807) is 23.1 Å². The molecule has 2 aromatic rings. The molecule has 7 nitrogen and oxygen atoms in total. The Morgan fingerprint density at radius 2 is 1.68 bits per heavy atom. The summed E-state index contributed by atoms with van der Waals surface area (Å²) in [6, 6.07) is 6.13. The van der Waals surface area contributed by atoms with E-state index in [0.717, 1.165) is 36.7 Å². The summed E-state index contributed by atoms with van der Waals surface area (Å²) in [5.41, 5.74) is -0.789. The largest absolute Gasteiger partial charge is 0.416 e. The summed E-state index contributed by atoms with van der Waals surface area (Å²) in [5, 5.41) is 0.680. The molecule has 2 aliphatic heterocycles. The Morgan fingerprint density at radius 1 is 1.00 bits per heavy atom. The van der Waals surface area contributed by atoms with Crippen LogP contribution in [0.3, 0.4) is 0 Å². The highest BCUT2D eigenvalue weighted by molar-refractivity contribution is 6.42. The first-order chi connectivity index (χ1) is 19.3. The molecule has 0 bridgehead atoms. The normalized spacial score (nSPS) is 22.5. The first-order valence-corrected chi connectivity index (χ1v) is 14.4. The van der Waals surface area contributed by atoms with Crippen LogP contribution in [-0.4, -0.2) is 76.7 Å². The van der Waals surface area contributed by atoms with E-state index in [-0.39, 0.29) is 41.3 Å². The fourth-order valence-corrected chi connectivity index (χ4v) is 6.16. The van der Waals surface area contributed by atoms with Gasteiger partial charge in [0.15, 0.2) is 0 Å². The van der Waals surface area contributed by atoms with Gasteiger partial charge in [0.1, 0.15) is 5.69 Å². The van der Waals surface area contributed by atoms with Gasteiger partial charge in [-0.3, -0.25) is 19.4 Å². The highest BCUT2D eigenvalue weighted by Gasteiger charge is 2.48. The van der Waals surface area contributed by atoms with Crippen LogP contribution in [0.4, 0.5) is 13.2 Å². The summed E-state index contributed by atoms with van der Waals surface area (Å²) in [5.74, 6) is -1.19. The smallest absolute Gasteiger partial charge is 0.342 e. The quantitative estimate of drug-likeness (QED) is 0.447. The van der Waals surface area contributed by atoms with Crippen molar-refractivity contribution in [2.24, 2.45) is 11.3 Å². The molecule has 3 fully saturated rings. The second-order valence-corrected chi connectivity index (χ2v) is 12.4. The lowest BCUT2D eigenvalue weighted by Crippen LogP contribution is -2.46. The molecule has 3 heterocycles. The van der Waals surface area contributed by atoms with E-state index in [4.69, 9.17) is 23.2 Å². The predicted octanol–water partition coefficient (Wildman–Crippen LogP) is 5.51. The van der Waals surface area contributed by atoms with Gasteiger partial charge in [0.25, 0.3) is 5.91 Å². The van der Waals surface area contributed by atoms with Crippen molar-refractivity contribution in [2.75, 3.05) is 33.2 Å². The maximum absolute atomic E-state index is 13.7. The molecule has 1 aromatic heterocycles. The predicted molar refractivity (Wildman–Crippen MR) is 148 cm³/mol. The monoisotopic (exact) mass is 610 g/mol. The summed E-state index contributed by atoms with van der Waals surface area (Å²) < 4.78 is 39.9. The van der Waals surface area contributed by atoms with Crippen LogP contribution in [0.1, 0.15) is 60.1 Å². The number of aromatic nitrogens is 1. The Labute approximate surface area is 246 Å². The average Bonchev–Trinajstić information content (AvgIpc) is 3.55. The lowest BCUT2D eigenvalue weighted by atomic mass is 9.93. The SMILES string of the molecule is CN(C(=O)c1cc(C(F)(F)F)ccn1)[C@H]1CN(C(=O)C2CCN(C(=O)C3(C)CC3)CC2)C[C@@H]1c1ccc(Cl)c(Cl)c1. The number of likely N-dealkylation sites (N-methyl/N-ethyl adjacent to an activating group) is 1. The summed E-state index contributed by atoms with van der Waals surface area (Å²) >= 11 is 12.4. The number of carbonyl (C=O) groups excluding carboxylic acids is 3. The van der Waals surface area contributed by atoms with Crippen molar-refractivity contribution >= 4 is 40.9 Å². The molecule has 0 radical (unpaired) electrons. The van der Waals surface area contributed by atoms with Gasteiger partial charge in [0, 0.05) is 56.7 Å². The highest BCUT2D eigenvalue weighted by Crippen LogP contribution is 2.47. The zero-order chi connectivity index (χ0) is 29.7. The molecular weight excluding hydrogens is 580 g/mol. The first-order valence-electron chi connectivity index (χ1n) is 13.6. The van der Waals surface area contributed by atoms with E-state index in [2.05, 4.69) is 4.98 Å². The summed E-state index contributed by atoms with van der Waals surface area (Å²) in [6.07, 6.45) is -0.737. The van der Waals surface area contributed by atoms with Crippen molar-refractivity contribution < 1.29 is 27.6 Å². The van der Waals surface area contributed by atoms with Crippen LogP contribution in [-0.2, 0) is 15.8 Å². The molecule has 3 aliphatic rings. The van der Waals surface area contributed by atoms with Gasteiger partial charge in [-0.2, -0.15) is 13.2 Å². The Bertz CT molecular complexity index is 1360. The molecule has 220 valence electrons. The number of halogens is 5. The number of benzene rings is 1. The third-order valence-electron chi connectivity index (χ3n) is 8.74. The third-order valence-corrected chi connectivity index (χ3v) is 9.48. The molecule has 2 atom stereocenters. The van der Waals surface area contributed by atoms with Crippen LogP contribution >= 0.6 is 23.2 Å². The standard InChI is InChI=1S/C29H31Cl2F3N4O3/c1-28(8-9-28)27(41)37-11-6-17(7-12-37)25(39)38-15-20(18-3-4-21(30)22(31)13-18)24(16-38)36(2)26(40)23-14-19(5-10-35-23)29(32,33)34/h3-5,10,13-14,17,20,24H,6-9,11-12,15-16H2,1-2H3/t20-,24+/m1/s1. The zero-order valence-corrected chi connectivity index (χ0v) is 24.3. The molecule has 0 spiro atoms. The van der Waals surface area contributed by atoms with Gasteiger partial charge >= 0.3 is 6.18 Å². The molecule has 5 rings (SSSR count). The van der Waals surface area contributed by atoms with Crippen molar-refractivity contribution in [1.29, 1.82) is 0 Å². The van der Waals surface area contributed by atoms with Crippen molar-refractivity contribution in [3.63, 3.8) is 0 Å². The van der Waals surface area contributed by atoms with Crippen molar-refractivity contribution in [2.45, 2.75) is 50.7 Å². The number of likely N-dealkylation sites (tertiary alicyclic amines) is 2. The zero-order valence-electron chi connectivity index (χ0n) is 22.8. The molecule has 41 heavy (non-hydrogen) atoms. The number of pyridine rings is 1. The second-order valence-electron chi connectivity index (χ2n) is 11.6. The number of alkyl halides is 3. The van der Waals surface area contributed by atoms with E-state index in [1.807, 2.05) is 11.8 Å². The minimum atomic E-state index is -4.62. The molecule has 1 aliphatic carbocycles. The third kappa shape index (κ3) is 6.04. The Balaban J connectivity index is 1.35. The Kier molecular flexibility index (Phi) is 8.02. The van der Waals surface area contributed by atoms with E-state index < -0.39 is 23.7 Å². The fraction of sp³-hybridized carbons (Fsp3) is 0.517. The van der Waals surface area contributed by atoms with Gasteiger partial charge in [0.05, 0.1) is 21.7 Å². The Hall–Kier alpha value is -2.85. The highest BCUT2D eigenvalue weighted by atomic mass is 35.5. The number of hydrogen-bond acceptors (Lipinski definition) is 4.